The molecule has 0 unspecified atom stereocenters. The zero-order chi connectivity index (χ0) is 18.8. The van der Waals surface area contributed by atoms with E-state index in [9.17, 15) is 0 Å². The minimum atomic E-state index is 0.678. The second kappa shape index (κ2) is 10.2. The van der Waals surface area contributed by atoms with Gasteiger partial charge in [0.05, 0.1) is 14.2 Å². The van der Waals surface area contributed by atoms with E-state index in [0.29, 0.717) is 11.5 Å². The molecule has 0 bridgehead atoms. The lowest BCUT2D eigenvalue weighted by molar-refractivity contribution is 0.355. The van der Waals surface area contributed by atoms with Gasteiger partial charge in [-0.15, -0.1) is 0 Å². The van der Waals surface area contributed by atoms with Gasteiger partial charge in [0.25, 0.3) is 0 Å². The van der Waals surface area contributed by atoms with E-state index in [2.05, 4.69) is 51.8 Å². The summed E-state index contributed by atoms with van der Waals surface area (Å²) in [6.07, 6.45) is 0.998. The Hall–Kier alpha value is -2.89. The van der Waals surface area contributed by atoms with Crippen molar-refractivity contribution in [1.82, 2.24) is 5.32 Å². The maximum absolute atomic E-state index is 5.33. The van der Waals surface area contributed by atoms with E-state index < -0.39 is 0 Å². The fourth-order valence-corrected chi connectivity index (χ4v) is 2.56. The van der Waals surface area contributed by atoms with Gasteiger partial charge >= 0.3 is 0 Å². The molecule has 0 aromatic heterocycles. The SMILES string of the molecule is CN=C(NCCCN(C)c1ccccc1)Nc1ccc(OC)c(OC)c1. The standard InChI is InChI=1S/C20H28N4O2/c1-21-20(23-16-11-12-18(25-3)19(15-16)26-4)22-13-8-14-24(2)17-9-6-5-7-10-17/h5-7,9-12,15H,8,13-14H2,1-4H3,(H2,21,22,23). The van der Waals surface area contributed by atoms with Gasteiger partial charge in [0.1, 0.15) is 0 Å². The van der Waals surface area contributed by atoms with Crippen molar-refractivity contribution in [2.45, 2.75) is 6.42 Å². The first kappa shape index (κ1) is 19.4. The summed E-state index contributed by atoms with van der Waals surface area (Å²) in [4.78, 5) is 6.51. The van der Waals surface area contributed by atoms with Gasteiger partial charge < -0.3 is 25.0 Å². The molecular weight excluding hydrogens is 328 g/mol. The highest BCUT2D eigenvalue weighted by Gasteiger charge is 2.06. The molecule has 6 heteroatoms. The van der Waals surface area contributed by atoms with Crippen molar-refractivity contribution in [2.75, 3.05) is 51.6 Å². The zero-order valence-electron chi connectivity index (χ0n) is 16.0. The fraction of sp³-hybridized carbons (Fsp3) is 0.350. The van der Waals surface area contributed by atoms with Crippen LogP contribution in [0.2, 0.25) is 0 Å². The molecular formula is C20H28N4O2. The van der Waals surface area contributed by atoms with E-state index in [1.165, 1.54) is 5.69 Å². The summed E-state index contributed by atoms with van der Waals surface area (Å²) in [6.45, 7) is 1.79. The average Bonchev–Trinajstić information content (AvgIpc) is 2.70. The number of guanidine groups is 1. The Labute approximate surface area is 155 Å². The van der Waals surface area contributed by atoms with Gasteiger partial charge in [-0.1, -0.05) is 18.2 Å². The number of nitrogens with one attached hydrogen (secondary N) is 2. The molecule has 2 rings (SSSR count). The second-order valence-electron chi connectivity index (χ2n) is 5.80. The van der Waals surface area contributed by atoms with Crippen LogP contribution in [0, 0.1) is 0 Å². The van der Waals surface area contributed by atoms with Crippen LogP contribution in [0.1, 0.15) is 6.42 Å². The van der Waals surface area contributed by atoms with Crippen LogP contribution in [0.5, 0.6) is 11.5 Å². The van der Waals surface area contributed by atoms with E-state index in [4.69, 9.17) is 9.47 Å². The highest BCUT2D eigenvalue weighted by molar-refractivity contribution is 5.93. The van der Waals surface area contributed by atoms with Gasteiger partial charge in [0, 0.05) is 44.6 Å². The van der Waals surface area contributed by atoms with Gasteiger partial charge in [-0.3, -0.25) is 4.99 Å². The van der Waals surface area contributed by atoms with Crippen LogP contribution >= 0.6 is 0 Å². The fourth-order valence-electron chi connectivity index (χ4n) is 2.56. The normalized spacial score (nSPS) is 11.0. The summed E-state index contributed by atoms with van der Waals surface area (Å²) < 4.78 is 10.6. The summed E-state index contributed by atoms with van der Waals surface area (Å²) >= 11 is 0. The number of methoxy groups -OCH3 is 2. The summed E-state index contributed by atoms with van der Waals surface area (Å²) in [5.41, 5.74) is 2.11. The first-order valence-corrected chi connectivity index (χ1v) is 8.63. The minimum Gasteiger partial charge on any atom is -0.493 e. The molecule has 0 heterocycles. The summed E-state index contributed by atoms with van der Waals surface area (Å²) in [5, 5.41) is 6.60. The maximum atomic E-state index is 5.33. The molecule has 0 aliphatic rings. The van der Waals surface area contributed by atoms with E-state index in [1.54, 1.807) is 21.3 Å². The molecule has 2 N–H and O–H groups in total. The molecule has 2 aromatic rings. The topological polar surface area (TPSA) is 58.1 Å². The molecule has 0 saturated carbocycles. The molecule has 0 saturated heterocycles. The third-order valence-electron chi connectivity index (χ3n) is 4.03. The van der Waals surface area contributed by atoms with Crippen molar-refractivity contribution in [3.63, 3.8) is 0 Å². The van der Waals surface area contributed by atoms with Crippen molar-refractivity contribution in [3.8, 4) is 11.5 Å². The summed E-state index contributed by atoms with van der Waals surface area (Å²) in [6, 6.07) is 16.0. The molecule has 140 valence electrons. The Balaban J connectivity index is 1.81. The van der Waals surface area contributed by atoms with Crippen molar-refractivity contribution < 1.29 is 9.47 Å². The number of hydrogen-bond donors (Lipinski definition) is 2. The van der Waals surface area contributed by atoms with Crippen LogP contribution < -0.4 is 25.0 Å². The third kappa shape index (κ3) is 5.58. The van der Waals surface area contributed by atoms with Crippen LogP contribution in [-0.4, -0.2) is 47.4 Å². The Morgan fingerprint density at radius 2 is 1.77 bits per heavy atom. The first-order chi connectivity index (χ1) is 12.7. The number of rotatable bonds is 8. The van der Waals surface area contributed by atoms with E-state index in [1.807, 2.05) is 24.3 Å². The highest BCUT2D eigenvalue weighted by Crippen LogP contribution is 2.29. The summed E-state index contributed by atoms with van der Waals surface area (Å²) in [5.74, 6) is 2.10. The third-order valence-corrected chi connectivity index (χ3v) is 4.03. The number of aliphatic imine (C=N–C) groups is 1. The molecule has 0 amide bonds. The molecule has 0 spiro atoms. The highest BCUT2D eigenvalue weighted by atomic mass is 16.5. The number of anilines is 2. The van der Waals surface area contributed by atoms with Crippen molar-refractivity contribution in [1.29, 1.82) is 0 Å². The van der Waals surface area contributed by atoms with E-state index >= 15 is 0 Å². The van der Waals surface area contributed by atoms with Gasteiger partial charge in [-0.05, 0) is 30.7 Å². The lowest BCUT2D eigenvalue weighted by Gasteiger charge is -2.19. The smallest absolute Gasteiger partial charge is 0.195 e. The molecule has 0 aliphatic heterocycles. The van der Waals surface area contributed by atoms with Crippen molar-refractivity contribution in [2.24, 2.45) is 4.99 Å². The van der Waals surface area contributed by atoms with Crippen molar-refractivity contribution in [3.05, 3.63) is 48.5 Å². The van der Waals surface area contributed by atoms with E-state index in [0.717, 1.165) is 31.2 Å². The van der Waals surface area contributed by atoms with E-state index in [-0.39, 0.29) is 0 Å². The lowest BCUT2D eigenvalue weighted by atomic mass is 10.2. The Morgan fingerprint density at radius 1 is 1.04 bits per heavy atom. The van der Waals surface area contributed by atoms with Gasteiger partial charge in [-0.2, -0.15) is 0 Å². The molecule has 0 radical (unpaired) electrons. The number of hydrogen-bond acceptors (Lipinski definition) is 4. The van der Waals surface area contributed by atoms with Crippen LogP contribution in [0.25, 0.3) is 0 Å². The predicted molar refractivity (Wildman–Crippen MR) is 109 cm³/mol. The zero-order valence-corrected chi connectivity index (χ0v) is 16.0. The Morgan fingerprint density at radius 3 is 2.42 bits per heavy atom. The minimum absolute atomic E-state index is 0.678. The Kier molecular flexibility index (Phi) is 7.61. The number of ether oxygens (including phenoxy) is 2. The van der Waals surface area contributed by atoms with Gasteiger partial charge in [0.2, 0.25) is 0 Å². The van der Waals surface area contributed by atoms with Crippen LogP contribution in [0.15, 0.2) is 53.5 Å². The monoisotopic (exact) mass is 356 g/mol. The van der Waals surface area contributed by atoms with Gasteiger partial charge in [-0.25, -0.2) is 0 Å². The predicted octanol–water partition coefficient (Wildman–Crippen LogP) is 3.22. The van der Waals surface area contributed by atoms with Crippen LogP contribution in [-0.2, 0) is 0 Å². The second-order valence-corrected chi connectivity index (χ2v) is 5.80. The Bertz CT molecular complexity index is 704. The quantitative estimate of drug-likeness (QED) is 0.432. The molecule has 26 heavy (non-hydrogen) atoms. The molecule has 0 atom stereocenters. The number of para-hydroxylation sites is 1. The molecule has 6 nitrogen and oxygen atoms in total. The van der Waals surface area contributed by atoms with Gasteiger partial charge in [0.15, 0.2) is 17.5 Å². The largest absolute Gasteiger partial charge is 0.493 e. The van der Waals surface area contributed by atoms with Crippen LogP contribution in [0.4, 0.5) is 11.4 Å². The first-order valence-electron chi connectivity index (χ1n) is 8.63. The average molecular weight is 356 g/mol. The number of benzene rings is 2. The lowest BCUT2D eigenvalue weighted by Crippen LogP contribution is -2.33. The van der Waals surface area contributed by atoms with Crippen LogP contribution in [0.3, 0.4) is 0 Å². The summed E-state index contributed by atoms with van der Waals surface area (Å²) in [7, 11) is 7.11. The molecule has 0 aliphatic carbocycles. The number of nitrogens with zero attached hydrogens (tertiary/aromatic N) is 2. The molecule has 2 aromatic carbocycles. The maximum Gasteiger partial charge on any atom is 0.195 e. The van der Waals surface area contributed by atoms with Crippen molar-refractivity contribution >= 4 is 17.3 Å². The molecule has 0 fully saturated rings.